The van der Waals surface area contributed by atoms with Gasteiger partial charge in [0.05, 0.1) is 0 Å². The smallest absolute Gasteiger partial charge is 0.00719 e. The van der Waals surface area contributed by atoms with Gasteiger partial charge in [-0.1, -0.05) is 44.9 Å². The summed E-state index contributed by atoms with van der Waals surface area (Å²) in [5, 5.41) is 3.71. The molecular formula is C18H29NS. The third-order valence-electron chi connectivity index (χ3n) is 4.36. The lowest BCUT2D eigenvalue weighted by Crippen LogP contribution is -2.34. The lowest BCUT2D eigenvalue weighted by Gasteiger charge is -2.30. The Labute approximate surface area is 128 Å². The van der Waals surface area contributed by atoms with Crippen LogP contribution in [0.4, 0.5) is 0 Å². The van der Waals surface area contributed by atoms with Crippen molar-refractivity contribution in [3.63, 3.8) is 0 Å². The van der Waals surface area contributed by atoms with Crippen LogP contribution in [0, 0.1) is 11.3 Å². The molecule has 0 spiro atoms. The van der Waals surface area contributed by atoms with Crippen LogP contribution >= 0.6 is 11.8 Å². The Morgan fingerprint density at radius 3 is 2.50 bits per heavy atom. The largest absolute Gasteiger partial charge is 0.316 e. The molecule has 20 heavy (non-hydrogen) atoms. The van der Waals surface area contributed by atoms with E-state index in [2.05, 4.69) is 49.5 Å². The summed E-state index contributed by atoms with van der Waals surface area (Å²) in [6, 6.07) is 10.8. The van der Waals surface area contributed by atoms with Crippen LogP contribution in [-0.4, -0.2) is 18.8 Å². The van der Waals surface area contributed by atoms with Crippen molar-refractivity contribution in [2.24, 2.45) is 11.3 Å². The van der Waals surface area contributed by atoms with E-state index < -0.39 is 0 Å². The highest BCUT2D eigenvalue weighted by atomic mass is 32.2. The molecule has 112 valence electrons. The first kappa shape index (κ1) is 15.9. The summed E-state index contributed by atoms with van der Waals surface area (Å²) in [5.74, 6) is 2.01. The van der Waals surface area contributed by atoms with Gasteiger partial charge in [0.25, 0.3) is 0 Å². The van der Waals surface area contributed by atoms with E-state index in [1.54, 1.807) is 0 Å². The molecule has 1 aliphatic carbocycles. The lowest BCUT2D eigenvalue weighted by atomic mass is 9.83. The number of thioether (sulfide) groups is 1. The van der Waals surface area contributed by atoms with Gasteiger partial charge in [0.15, 0.2) is 0 Å². The summed E-state index contributed by atoms with van der Waals surface area (Å²) in [4.78, 5) is 1.41. The summed E-state index contributed by atoms with van der Waals surface area (Å²) in [6.07, 6.45) is 7.07. The second-order valence-electron chi connectivity index (χ2n) is 6.64. The Balaban J connectivity index is 1.77. The molecule has 0 unspecified atom stereocenters. The van der Waals surface area contributed by atoms with Crippen molar-refractivity contribution < 1.29 is 0 Å². The van der Waals surface area contributed by atoms with E-state index in [1.807, 2.05) is 11.8 Å². The molecule has 2 heteroatoms. The van der Waals surface area contributed by atoms with Gasteiger partial charge in [-0.05, 0) is 55.0 Å². The van der Waals surface area contributed by atoms with E-state index in [0.717, 1.165) is 12.5 Å². The van der Waals surface area contributed by atoms with Crippen molar-refractivity contribution in [3.05, 3.63) is 30.3 Å². The van der Waals surface area contributed by atoms with Gasteiger partial charge in [-0.2, -0.15) is 0 Å². The molecule has 1 aromatic rings. The predicted octanol–water partition coefficient (Wildman–Crippen LogP) is 4.97. The lowest BCUT2D eigenvalue weighted by molar-refractivity contribution is 0.267. The van der Waals surface area contributed by atoms with Crippen LogP contribution in [0.5, 0.6) is 0 Å². The average Bonchev–Trinajstić information content (AvgIpc) is 2.89. The second-order valence-corrected chi connectivity index (χ2v) is 7.81. The molecule has 1 N–H and O–H groups in total. The fraction of sp³-hybridized carbons (Fsp3) is 0.667. The van der Waals surface area contributed by atoms with E-state index in [0.29, 0.717) is 5.41 Å². The SMILES string of the molecule is CC(C)CNCC1(CCSc2ccccc2)CCCC1. The minimum absolute atomic E-state index is 0.580. The van der Waals surface area contributed by atoms with E-state index >= 15 is 0 Å². The Kier molecular flexibility index (Phi) is 6.44. The molecule has 0 heterocycles. The van der Waals surface area contributed by atoms with Crippen molar-refractivity contribution in [3.8, 4) is 0 Å². The molecule has 1 fully saturated rings. The second kappa shape index (κ2) is 8.09. The number of benzene rings is 1. The molecule has 1 aliphatic rings. The standard InChI is InChI=1S/C18H29NS/c1-16(2)14-19-15-18(10-6-7-11-18)12-13-20-17-8-4-3-5-9-17/h3-5,8-9,16,19H,6-7,10-15H2,1-2H3. The highest BCUT2D eigenvalue weighted by Gasteiger charge is 2.32. The molecular weight excluding hydrogens is 262 g/mol. The van der Waals surface area contributed by atoms with Crippen LogP contribution in [0.3, 0.4) is 0 Å². The van der Waals surface area contributed by atoms with E-state index in [-0.39, 0.29) is 0 Å². The molecule has 0 saturated heterocycles. The van der Waals surface area contributed by atoms with Crippen molar-refractivity contribution in [2.75, 3.05) is 18.8 Å². The van der Waals surface area contributed by atoms with Crippen LogP contribution in [-0.2, 0) is 0 Å². The maximum atomic E-state index is 3.71. The van der Waals surface area contributed by atoms with Crippen molar-refractivity contribution in [1.82, 2.24) is 5.32 Å². The van der Waals surface area contributed by atoms with Crippen molar-refractivity contribution in [2.45, 2.75) is 50.8 Å². The first-order valence-corrected chi connectivity index (χ1v) is 9.07. The number of rotatable bonds is 8. The maximum Gasteiger partial charge on any atom is 0.00719 e. The van der Waals surface area contributed by atoms with Crippen LogP contribution in [0.25, 0.3) is 0 Å². The molecule has 1 saturated carbocycles. The van der Waals surface area contributed by atoms with Crippen LogP contribution < -0.4 is 5.32 Å². The minimum Gasteiger partial charge on any atom is -0.316 e. The monoisotopic (exact) mass is 291 g/mol. The molecule has 2 rings (SSSR count). The minimum atomic E-state index is 0.580. The summed E-state index contributed by atoms with van der Waals surface area (Å²) in [5.41, 5.74) is 0.580. The van der Waals surface area contributed by atoms with Gasteiger partial charge in [0.2, 0.25) is 0 Å². The van der Waals surface area contributed by atoms with Crippen molar-refractivity contribution >= 4 is 11.8 Å². The number of hydrogen-bond donors (Lipinski definition) is 1. The Morgan fingerprint density at radius 1 is 1.15 bits per heavy atom. The molecule has 1 aromatic carbocycles. The fourth-order valence-electron chi connectivity index (χ4n) is 3.17. The first-order chi connectivity index (χ1) is 9.70. The predicted molar refractivity (Wildman–Crippen MR) is 90.4 cm³/mol. The van der Waals surface area contributed by atoms with E-state index in [4.69, 9.17) is 0 Å². The third kappa shape index (κ3) is 5.14. The number of nitrogens with one attached hydrogen (secondary N) is 1. The van der Waals surface area contributed by atoms with Gasteiger partial charge >= 0.3 is 0 Å². The Morgan fingerprint density at radius 2 is 1.85 bits per heavy atom. The quantitative estimate of drug-likeness (QED) is 0.678. The summed E-state index contributed by atoms with van der Waals surface area (Å²) in [6.45, 7) is 6.97. The van der Waals surface area contributed by atoms with Gasteiger partial charge < -0.3 is 5.32 Å². The first-order valence-electron chi connectivity index (χ1n) is 8.09. The molecule has 0 radical (unpaired) electrons. The molecule has 0 amide bonds. The summed E-state index contributed by atoms with van der Waals surface area (Å²) < 4.78 is 0. The zero-order valence-electron chi connectivity index (χ0n) is 13.0. The molecule has 0 aliphatic heterocycles. The average molecular weight is 292 g/mol. The van der Waals surface area contributed by atoms with Gasteiger partial charge in [0.1, 0.15) is 0 Å². The third-order valence-corrected chi connectivity index (χ3v) is 5.37. The Hall–Kier alpha value is -0.470. The van der Waals surface area contributed by atoms with E-state index in [9.17, 15) is 0 Å². The van der Waals surface area contributed by atoms with Crippen LogP contribution in [0.1, 0.15) is 46.0 Å². The zero-order chi connectivity index (χ0) is 14.3. The summed E-state index contributed by atoms with van der Waals surface area (Å²) >= 11 is 2.02. The molecule has 1 nitrogen and oxygen atoms in total. The van der Waals surface area contributed by atoms with Crippen molar-refractivity contribution in [1.29, 1.82) is 0 Å². The zero-order valence-corrected chi connectivity index (χ0v) is 13.8. The van der Waals surface area contributed by atoms with Crippen LogP contribution in [0.2, 0.25) is 0 Å². The van der Waals surface area contributed by atoms with Gasteiger partial charge in [-0.3, -0.25) is 0 Å². The Bertz CT molecular complexity index is 368. The van der Waals surface area contributed by atoms with Gasteiger partial charge in [-0.25, -0.2) is 0 Å². The number of hydrogen-bond acceptors (Lipinski definition) is 2. The summed E-state index contributed by atoms with van der Waals surface area (Å²) in [7, 11) is 0. The maximum absolute atomic E-state index is 3.71. The van der Waals surface area contributed by atoms with Gasteiger partial charge in [0, 0.05) is 11.4 Å². The molecule has 0 bridgehead atoms. The van der Waals surface area contributed by atoms with Gasteiger partial charge in [-0.15, -0.1) is 11.8 Å². The fourth-order valence-corrected chi connectivity index (χ4v) is 4.29. The molecule has 0 aromatic heterocycles. The molecule has 0 atom stereocenters. The topological polar surface area (TPSA) is 12.0 Å². The highest BCUT2D eigenvalue weighted by Crippen LogP contribution is 2.41. The highest BCUT2D eigenvalue weighted by molar-refractivity contribution is 7.99. The van der Waals surface area contributed by atoms with Crippen LogP contribution in [0.15, 0.2) is 35.2 Å². The normalized spacial score (nSPS) is 17.8. The van der Waals surface area contributed by atoms with E-state index in [1.165, 1.54) is 49.3 Å².